The summed E-state index contributed by atoms with van der Waals surface area (Å²) in [6, 6.07) is 10.6. The lowest BCUT2D eigenvalue weighted by Gasteiger charge is -2.06. The summed E-state index contributed by atoms with van der Waals surface area (Å²) in [6.07, 6.45) is 0.539. The van der Waals surface area contributed by atoms with Gasteiger partial charge in [0.15, 0.2) is 11.3 Å². The summed E-state index contributed by atoms with van der Waals surface area (Å²) in [6.45, 7) is 1.85. The van der Waals surface area contributed by atoms with Crippen molar-refractivity contribution in [3.05, 3.63) is 63.8 Å². The molecule has 28 heavy (non-hydrogen) atoms. The number of imidazole rings is 1. The molecule has 8 nitrogen and oxygen atoms in total. The van der Waals surface area contributed by atoms with Crippen LogP contribution in [0.15, 0.2) is 36.4 Å². The number of aromatic amines is 1. The average Bonchev–Trinajstić information content (AvgIpc) is 3.29. The van der Waals surface area contributed by atoms with Crippen molar-refractivity contribution in [3.63, 3.8) is 0 Å². The third-order valence-electron chi connectivity index (χ3n) is 4.05. The molecule has 0 spiro atoms. The first-order valence-corrected chi connectivity index (χ1v) is 9.19. The van der Waals surface area contributed by atoms with Gasteiger partial charge < -0.3 is 9.72 Å². The van der Waals surface area contributed by atoms with Gasteiger partial charge in [0, 0.05) is 5.02 Å². The maximum absolute atomic E-state index is 12.5. The molecule has 4 aromatic rings. The number of nitrogens with one attached hydrogen (secondary N) is 1. The Balaban J connectivity index is 1.54. The maximum atomic E-state index is 12.5. The van der Waals surface area contributed by atoms with Crippen molar-refractivity contribution in [3.8, 4) is 5.69 Å². The number of H-pyrrole nitrogens is 1. The van der Waals surface area contributed by atoms with Crippen LogP contribution in [0.25, 0.3) is 16.9 Å². The minimum atomic E-state index is -0.587. The number of fused-ring (bicyclic) bond motifs is 1. The summed E-state index contributed by atoms with van der Waals surface area (Å²) < 4.78 is 6.93. The van der Waals surface area contributed by atoms with E-state index >= 15 is 0 Å². The minimum absolute atomic E-state index is 0.0556. The van der Waals surface area contributed by atoms with Gasteiger partial charge >= 0.3 is 5.97 Å². The van der Waals surface area contributed by atoms with Crippen molar-refractivity contribution in [1.29, 1.82) is 0 Å². The molecule has 142 valence electrons. The minimum Gasteiger partial charge on any atom is -0.453 e. The molecule has 3 aromatic heterocycles. The van der Waals surface area contributed by atoms with Crippen molar-refractivity contribution >= 4 is 40.3 Å². The third kappa shape index (κ3) is 3.56. The molecule has 0 bridgehead atoms. The third-order valence-corrected chi connectivity index (χ3v) is 4.49. The summed E-state index contributed by atoms with van der Waals surface area (Å²) in [7, 11) is 0. The Morgan fingerprint density at radius 1 is 1.21 bits per heavy atom. The molecule has 0 atom stereocenters. The maximum Gasteiger partial charge on any atom is 0.361 e. The van der Waals surface area contributed by atoms with E-state index in [1.165, 1.54) is 0 Å². The number of benzene rings is 1. The van der Waals surface area contributed by atoms with Gasteiger partial charge in [0.1, 0.15) is 17.6 Å². The van der Waals surface area contributed by atoms with E-state index in [-0.39, 0.29) is 12.3 Å². The lowest BCUT2D eigenvalue weighted by molar-refractivity contribution is 0.0455. The second-order valence-corrected chi connectivity index (χ2v) is 6.72. The fourth-order valence-corrected chi connectivity index (χ4v) is 3.11. The van der Waals surface area contributed by atoms with E-state index in [2.05, 4.69) is 25.3 Å². The zero-order valence-corrected chi connectivity index (χ0v) is 16.2. The van der Waals surface area contributed by atoms with Crippen LogP contribution in [0.2, 0.25) is 10.2 Å². The summed E-state index contributed by atoms with van der Waals surface area (Å²) in [4.78, 5) is 23.9. The standard InChI is InChI=1S/C18H14Cl2N6O2/c1-2-13-16(24-25-26(13)11-5-3-4-10(19)8-11)18(27)28-9-15-21-12-6-7-14(20)22-17(12)23-15/h3-8H,2,9H2,1H3,(H,21,22,23). The second kappa shape index (κ2) is 7.57. The number of pyridine rings is 1. The number of rotatable bonds is 5. The second-order valence-electron chi connectivity index (χ2n) is 5.89. The zero-order valence-electron chi connectivity index (χ0n) is 14.7. The van der Waals surface area contributed by atoms with Gasteiger partial charge in [0.2, 0.25) is 0 Å². The normalized spacial score (nSPS) is 11.1. The molecule has 0 aliphatic rings. The lowest BCUT2D eigenvalue weighted by atomic mass is 10.2. The average molecular weight is 417 g/mol. The van der Waals surface area contributed by atoms with Gasteiger partial charge in [-0.15, -0.1) is 5.10 Å². The van der Waals surface area contributed by atoms with E-state index in [4.69, 9.17) is 27.9 Å². The van der Waals surface area contributed by atoms with Gasteiger partial charge in [-0.25, -0.2) is 19.4 Å². The Morgan fingerprint density at radius 3 is 2.86 bits per heavy atom. The Morgan fingerprint density at radius 2 is 2.07 bits per heavy atom. The molecule has 0 saturated carbocycles. The number of aromatic nitrogens is 6. The number of hydrogen-bond donors (Lipinski definition) is 1. The highest BCUT2D eigenvalue weighted by atomic mass is 35.5. The quantitative estimate of drug-likeness (QED) is 0.392. The first kappa shape index (κ1) is 18.4. The van der Waals surface area contributed by atoms with E-state index < -0.39 is 5.97 Å². The lowest BCUT2D eigenvalue weighted by Crippen LogP contribution is -2.10. The Bertz CT molecular complexity index is 1170. The van der Waals surface area contributed by atoms with Crippen LogP contribution in [0.3, 0.4) is 0 Å². The molecule has 0 radical (unpaired) electrons. The molecular weight excluding hydrogens is 403 g/mol. The van der Waals surface area contributed by atoms with Crippen molar-refractivity contribution in [2.75, 3.05) is 0 Å². The highest BCUT2D eigenvalue weighted by Crippen LogP contribution is 2.19. The monoisotopic (exact) mass is 416 g/mol. The van der Waals surface area contributed by atoms with Crippen LogP contribution in [-0.2, 0) is 17.8 Å². The molecule has 1 aromatic carbocycles. The fourth-order valence-electron chi connectivity index (χ4n) is 2.78. The largest absolute Gasteiger partial charge is 0.453 e. The molecule has 0 unspecified atom stereocenters. The Hall–Kier alpha value is -2.97. The fraction of sp³-hybridized carbons (Fsp3) is 0.167. The van der Waals surface area contributed by atoms with E-state index in [1.54, 1.807) is 35.0 Å². The number of esters is 1. The van der Waals surface area contributed by atoms with Crippen LogP contribution >= 0.6 is 23.2 Å². The van der Waals surface area contributed by atoms with E-state index in [1.807, 2.05) is 13.0 Å². The summed E-state index contributed by atoms with van der Waals surface area (Å²) in [5.41, 5.74) is 2.66. The van der Waals surface area contributed by atoms with Gasteiger partial charge in [0.25, 0.3) is 0 Å². The number of hydrogen-bond acceptors (Lipinski definition) is 6. The molecule has 0 fully saturated rings. The molecule has 3 heterocycles. The van der Waals surface area contributed by atoms with Gasteiger partial charge in [-0.1, -0.05) is 41.4 Å². The molecule has 10 heteroatoms. The van der Waals surface area contributed by atoms with Crippen LogP contribution in [-0.4, -0.2) is 35.9 Å². The number of nitrogens with zero attached hydrogens (tertiary/aromatic N) is 5. The zero-order chi connectivity index (χ0) is 19.7. The molecule has 0 amide bonds. The first-order valence-electron chi connectivity index (χ1n) is 8.44. The SMILES string of the molecule is CCc1c(C(=O)OCc2nc3nc(Cl)ccc3[nH]2)nnn1-c1cccc(Cl)c1. The van der Waals surface area contributed by atoms with Crippen LogP contribution < -0.4 is 0 Å². The smallest absolute Gasteiger partial charge is 0.361 e. The van der Waals surface area contributed by atoms with E-state index in [0.29, 0.717) is 39.3 Å². The predicted octanol–water partition coefficient (Wildman–Crippen LogP) is 3.76. The highest BCUT2D eigenvalue weighted by Gasteiger charge is 2.21. The predicted molar refractivity (Wildman–Crippen MR) is 104 cm³/mol. The molecular formula is C18H14Cl2N6O2. The molecule has 0 aliphatic heterocycles. The number of carbonyl (C=O) groups is 1. The Labute approximate surface area is 169 Å². The number of ether oxygens (including phenoxy) is 1. The molecule has 1 N–H and O–H groups in total. The summed E-state index contributed by atoms with van der Waals surface area (Å²) in [5.74, 6) is -0.130. The number of halogens is 2. The summed E-state index contributed by atoms with van der Waals surface area (Å²) >= 11 is 11.9. The topological polar surface area (TPSA) is 98.6 Å². The van der Waals surface area contributed by atoms with Crippen molar-refractivity contribution in [2.45, 2.75) is 20.0 Å². The van der Waals surface area contributed by atoms with Crippen LogP contribution in [0.5, 0.6) is 0 Å². The molecule has 0 aliphatic carbocycles. The molecule has 4 rings (SSSR count). The van der Waals surface area contributed by atoms with E-state index in [0.717, 1.165) is 5.69 Å². The van der Waals surface area contributed by atoms with Crippen molar-refractivity contribution in [2.24, 2.45) is 0 Å². The van der Waals surface area contributed by atoms with Crippen molar-refractivity contribution < 1.29 is 9.53 Å². The van der Waals surface area contributed by atoms with Gasteiger partial charge in [0.05, 0.1) is 16.9 Å². The molecule has 0 saturated heterocycles. The van der Waals surface area contributed by atoms with Gasteiger partial charge in [-0.3, -0.25) is 0 Å². The van der Waals surface area contributed by atoms with Crippen LogP contribution in [0.4, 0.5) is 0 Å². The van der Waals surface area contributed by atoms with Gasteiger partial charge in [-0.05, 0) is 36.8 Å². The highest BCUT2D eigenvalue weighted by molar-refractivity contribution is 6.30. The number of carbonyl (C=O) groups excluding carboxylic acids is 1. The van der Waals surface area contributed by atoms with Crippen LogP contribution in [0, 0.1) is 0 Å². The Kier molecular flexibility index (Phi) is 4.97. The first-order chi connectivity index (χ1) is 13.5. The van der Waals surface area contributed by atoms with Crippen LogP contribution in [0.1, 0.15) is 28.9 Å². The van der Waals surface area contributed by atoms with Crippen molar-refractivity contribution in [1.82, 2.24) is 29.9 Å². The van der Waals surface area contributed by atoms with E-state index in [9.17, 15) is 4.79 Å². The van der Waals surface area contributed by atoms with Gasteiger partial charge in [-0.2, -0.15) is 0 Å². The summed E-state index contributed by atoms with van der Waals surface area (Å²) in [5, 5.41) is 8.98.